The van der Waals surface area contributed by atoms with Crippen LogP contribution >= 0.6 is 27.5 Å². The van der Waals surface area contributed by atoms with E-state index in [1.165, 1.54) is 0 Å². The Balaban J connectivity index is 1.64. The van der Waals surface area contributed by atoms with Crippen molar-refractivity contribution in [3.63, 3.8) is 0 Å². The van der Waals surface area contributed by atoms with Gasteiger partial charge in [0.25, 0.3) is 0 Å². The minimum absolute atomic E-state index is 0.441. The van der Waals surface area contributed by atoms with E-state index >= 15 is 0 Å². The van der Waals surface area contributed by atoms with Crippen molar-refractivity contribution in [3.8, 4) is 5.75 Å². The van der Waals surface area contributed by atoms with Crippen LogP contribution < -0.4 is 10.1 Å². The predicted molar refractivity (Wildman–Crippen MR) is 105 cm³/mol. The third-order valence-electron chi connectivity index (χ3n) is 3.73. The van der Waals surface area contributed by atoms with E-state index in [-0.39, 0.29) is 0 Å². The molecule has 25 heavy (non-hydrogen) atoms. The van der Waals surface area contributed by atoms with Gasteiger partial charge in [0.05, 0.1) is 0 Å². The summed E-state index contributed by atoms with van der Waals surface area (Å²) in [6.07, 6.45) is 3.64. The lowest BCUT2D eigenvalue weighted by Gasteiger charge is -2.13. The third kappa shape index (κ3) is 5.30. The maximum absolute atomic E-state index is 6.20. The Morgan fingerprint density at radius 2 is 1.88 bits per heavy atom. The quantitative estimate of drug-likeness (QED) is 0.561. The standard InChI is InChI=1S/C20H18BrClN2O/c21-18-7-8-20(25-14-16-5-1-2-6-19(16)22)17(10-18)13-24-12-15-4-3-9-23-11-15/h1-11,24H,12-14H2. The van der Waals surface area contributed by atoms with Crippen LogP contribution in [0.5, 0.6) is 5.75 Å². The maximum Gasteiger partial charge on any atom is 0.124 e. The summed E-state index contributed by atoms with van der Waals surface area (Å²) in [6, 6.07) is 17.7. The number of hydrogen-bond acceptors (Lipinski definition) is 3. The number of nitrogens with one attached hydrogen (secondary N) is 1. The van der Waals surface area contributed by atoms with Crippen molar-refractivity contribution in [2.45, 2.75) is 19.7 Å². The highest BCUT2D eigenvalue weighted by Gasteiger charge is 2.07. The fraction of sp³-hybridized carbons (Fsp3) is 0.150. The highest BCUT2D eigenvalue weighted by molar-refractivity contribution is 9.10. The molecule has 3 rings (SSSR count). The number of rotatable bonds is 7. The first-order valence-corrected chi connectivity index (χ1v) is 9.14. The molecule has 1 heterocycles. The van der Waals surface area contributed by atoms with Gasteiger partial charge in [-0.15, -0.1) is 0 Å². The van der Waals surface area contributed by atoms with E-state index < -0.39 is 0 Å². The molecule has 0 aliphatic rings. The second kappa shape index (κ2) is 8.99. The lowest BCUT2D eigenvalue weighted by Crippen LogP contribution is -2.14. The van der Waals surface area contributed by atoms with Gasteiger partial charge in [-0.25, -0.2) is 0 Å². The van der Waals surface area contributed by atoms with Crippen molar-refractivity contribution < 1.29 is 4.74 Å². The molecule has 128 valence electrons. The number of aromatic nitrogens is 1. The fourth-order valence-corrected chi connectivity index (χ4v) is 3.04. The largest absolute Gasteiger partial charge is 0.489 e. The molecule has 0 unspecified atom stereocenters. The Morgan fingerprint density at radius 3 is 2.68 bits per heavy atom. The highest BCUT2D eigenvalue weighted by Crippen LogP contribution is 2.25. The second-order valence-electron chi connectivity index (χ2n) is 5.60. The first-order valence-electron chi connectivity index (χ1n) is 7.96. The van der Waals surface area contributed by atoms with Crippen LogP contribution in [0, 0.1) is 0 Å². The number of hydrogen-bond donors (Lipinski definition) is 1. The van der Waals surface area contributed by atoms with Gasteiger partial charge in [0.15, 0.2) is 0 Å². The monoisotopic (exact) mass is 416 g/mol. The third-order valence-corrected chi connectivity index (χ3v) is 4.59. The van der Waals surface area contributed by atoms with Gasteiger partial charge in [-0.05, 0) is 35.9 Å². The van der Waals surface area contributed by atoms with Crippen LogP contribution in [0.4, 0.5) is 0 Å². The predicted octanol–water partition coefficient (Wildman–Crippen LogP) is 5.37. The van der Waals surface area contributed by atoms with Gasteiger partial charge in [-0.2, -0.15) is 0 Å². The molecule has 0 aliphatic heterocycles. The molecule has 3 nitrogen and oxygen atoms in total. The zero-order valence-electron chi connectivity index (χ0n) is 13.6. The Bertz CT molecular complexity index is 827. The van der Waals surface area contributed by atoms with E-state index in [0.29, 0.717) is 13.2 Å². The van der Waals surface area contributed by atoms with Gasteiger partial charge in [-0.1, -0.05) is 51.8 Å². The molecule has 0 amide bonds. The number of pyridine rings is 1. The number of nitrogens with zero attached hydrogens (tertiary/aromatic N) is 1. The molecule has 0 radical (unpaired) electrons. The van der Waals surface area contributed by atoms with Gasteiger partial charge in [0, 0.05) is 46.1 Å². The Kier molecular flexibility index (Phi) is 6.45. The first-order chi connectivity index (χ1) is 12.2. The molecule has 0 atom stereocenters. The van der Waals surface area contributed by atoms with Crippen molar-refractivity contribution in [2.75, 3.05) is 0 Å². The molecule has 0 saturated heterocycles. The van der Waals surface area contributed by atoms with Crippen LogP contribution in [0.1, 0.15) is 16.7 Å². The van der Waals surface area contributed by atoms with Crippen LogP contribution in [0.25, 0.3) is 0 Å². The first kappa shape index (κ1) is 17.9. The van der Waals surface area contributed by atoms with E-state index in [9.17, 15) is 0 Å². The molecule has 3 aromatic rings. The summed E-state index contributed by atoms with van der Waals surface area (Å²) in [4.78, 5) is 4.13. The molecule has 0 bridgehead atoms. The van der Waals surface area contributed by atoms with Crippen LogP contribution in [-0.4, -0.2) is 4.98 Å². The topological polar surface area (TPSA) is 34.1 Å². The molecule has 5 heteroatoms. The lowest BCUT2D eigenvalue weighted by molar-refractivity contribution is 0.302. The van der Waals surface area contributed by atoms with Crippen molar-refractivity contribution in [1.82, 2.24) is 10.3 Å². The molecule has 0 fully saturated rings. The molecule has 0 spiro atoms. The van der Waals surface area contributed by atoms with Crippen molar-refractivity contribution in [1.29, 1.82) is 0 Å². The smallest absolute Gasteiger partial charge is 0.124 e. The zero-order chi connectivity index (χ0) is 17.5. The molecule has 0 aliphatic carbocycles. The minimum atomic E-state index is 0.441. The fourth-order valence-electron chi connectivity index (χ4n) is 2.44. The van der Waals surface area contributed by atoms with E-state index in [4.69, 9.17) is 16.3 Å². The number of benzene rings is 2. The van der Waals surface area contributed by atoms with E-state index in [2.05, 4.69) is 38.4 Å². The van der Waals surface area contributed by atoms with Gasteiger partial charge in [0.1, 0.15) is 12.4 Å². The summed E-state index contributed by atoms with van der Waals surface area (Å²) in [5.74, 6) is 0.849. The van der Waals surface area contributed by atoms with E-state index in [0.717, 1.165) is 38.5 Å². The Hall–Kier alpha value is -1.88. The van der Waals surface area contributed by atoms with Gasteiger partial charge in [-0.3, -0.25) is 4.98 Å². The summed E-state index contributed by atoms with van der Waals surface area (Å²) in [5, 5.41) is 4.15. The number of halogens is 2. The average Bonchev–Trinajstić information content (AvgIpc) is 2.63. The van der Waals surface area contributed by atoms with Gasteiger partial charge in [0.2, 0.25) is 0 Å². The summed E-state index contributed by atoms with van der Waals surface area (Å²) in [5.41, 5.74) is 3.21. The van der Waals surface area contributed by atoms with Crippen molar-refractivity contribution in [2.24, 2.45) is 0 Å². The molecule has 1 aromatic heterocycles. The van der Waals surface area contributed by atoms with Crippen molar-refractivity contribution in [3.05, 3.63) is 93.2 Å². The van der Waals surface area contributed by atoms with Crippen LogP contribution in [0.15, 0.2) is 71.5 Å². The summed E-state index contributed by atoms with van der Waals surface area (Å²) in [7, 11) is 0. The molecular formula is C20H18BrClN2O. The Morgan fingerprint density at radius 1 is 1.00 bits per heavy atom. The summed E-state index contributed by atoms with van der Waals surface area (Å²) in [6.45, 7) is 1.90. The zero-order valence-corrected chi connectivity index (χ0v) is 15.9. The van der Waals surface area contributed by atoms with Gasteiger partial charge >= 0.3 is 0 Å². The lowest BCUT2D eigenvalue weighted by atomic mass is 10.2. The maximum atomic E-state index is 6.20. The molecule has 1 N–H and O–H groups in total. The summed E-state index contributed by atoms with van der Waals surface area (Å²) >= 11 is 9.73. The normalized spacial score (nSPS) is 10.6. The van der Waals surface area contributed by atoms with Crippen LogP contribution in [0.2, 0.25) is 5.02 Å². The Labute approximate surface area is 161 Å². The SMILES string of the molecule is Clc1ccccc1COc1ccc(Br)cc1CNCc1cccnc1. The minimum Gasteiger partial charge on any atom is -0.489 e. The highest BCUT2D eigenvalue weighted by atomic mass is 79.9. The summed E-state index contributed by atoms with van der Waals surface area (Å²) < 4.78 is 7.03. The molecule has 2 aromatic carbocycles. The average molecular weight is 418 g/mol. The second-order valence-corrected chi connectivity index (χ2v) is 6.92. The molecular weight excluding hydrogens is 400 g/mol. The van der Waals surface area contributed by atoms with Gasteiger partial charge < -0.3 is 10.1 Å². The van der Waals surface area contributed by atoms with Crippen LogP contribution in [0.3, 0.4) is 0 Å². The van der Waals surface area contributed by atoms with E-state index in [1.54, 1.807) is 6.20 Å². The number of ether oxygens (including phenoxy) is 1. The van der Waals surface area contributed by atoms with Crippen molar-refractivity contribution >= 4 is 27.5 Å². The van der Waals surface area contributed by atoms with Crippen LogP contribution in [-0.2, 0) is 19.7 Å². The van der Waals surface area contributed by atoms with E-state index in [1.807, 2.05) is 48.7 Å². The molecule has 0 saturated carbocycles.